The van der Waals surface area contributed by atoms with E-state index < -0.39 is 0 Å². The minimum Gasteiger partial charge on any atom is -0.329 e. The van der Waals surface area contributed by atoms with Crippen molar-refractivity contribution in [3.63, 3.8) is 0 Å². The van der Waals surface area contributed by atoms with Gasteiger partial charge in [-0.1, -0.05) is 0 Å². The van der Waals surface area contributed by atoms with Crippen molar-refractivity contribution < 1.29 is 0 Å². The molecule has 0 saturated carbocycles. The Morgan fingerprint density at radius 2 is 2.50 bits per heavy atom. The molecule has 0 aliphatic carbocycles. The van der Waals surface area contributed by atoms with E-state index >= 15 is 0 Å². The molecule has 0 bridgehead atoms. The van der Waals surface area contributed by atoms with Gasteiger partial charge < -0.3 is 11.1 Å². The molecule has 1 aliphatic rings. The molecule has 1 atom stereocenters. The molecular formula is C6H14N2. The van der Waals surface area contributed by atoms with Crippen LogP contribution in [0, 0.1) is 0 Å². The van der Waals surface area contributed by atoms with Crippen molar-refractivity contribution in [3.8, 4) is 0 Å². The molecule has 1 heterocycles. The van der Waals surface area contributed by atoms with Crippen LogP contribution in [0.5, 0.6) is 0 Å². The van der Waals surface area contributed by atoms with Crippen LogP contribution in [-0.2, 0) is 0 Å². The molecular weight excluding hydrogens is 100 g/mol. The molecule has 0 aromatic carbocycles. The SMILES string of the molecule is C[C@@]1(CN)CCCN1. The molecule has 1 saturated heterocycles. The summed E-state index contributed by atoms with van der Waals surface area (Å²) in [7, 11) is 0. The third-order valence-electron chi connectivity index (χ3n) is 1.91. The summed E-state index contributed by atoms with van der Waals surface area (Å²) >= 11 is 0. The van der Waals surface area contributed by atoms with Gasteiger partial charge in [-0.05, 0) is 26.3 Å². The lowest BCUT2D eigenvalue weighted by Crippen LogP contribution is -2.43. The van der Waals surface area contributed by atoms with Crippen molar-refractivity contribution >= 4 is 0 Å². The Morgan fingerprint density at radius 1 is 1.75 bits per heavy atom. The van der Waals surface area contributed by atoms with Crippen LogP contribution in [-0.4, -0.2) is 18.6 Å². The van der Waals surface area contributed by atoms with Gasteiger partial charge in [-0.25, -0.2) is 0 Å². The average molecular weight is 114 g/mol. The van der Waals surface area contributed by atoms with Gasteiger partial charge in [-0.15, -0.1) is 0 Å². The highest BCUT2D eigenvalue weighted by Gasteiger charge is 2.25. The molecule has 0 aromatic heterocycles. The predicted octanol–water partition coefficient (Wildman–Crippen LogP) is 0.0872. The van der Waals surface area contributed by atoms with Crippen molar-refractivity contribution in [1.82, 2.24) is 5.32 Å². The van der Waals surface area contributed by atoms with E-state index in [1.807, 2.05) is 0 Å². The highest BCUT2D eigenvalue weighted by Crippen LogP contribution is 2.15. The Bertz CT molecular complexity index is 74.6. The molecule has 0 amide bonds. The van der Waals surface area contributed by atoms with Crippen molar-refractivity contribution in [1.29, 1.82) is 0 Å². The first-order chi connectivity index (χ1) is 3.77. The molecule has 2 heteroatoms. The summed E-state index contributed by atoms with van der Waals surface area (Å²) in [6.07, 6.45) is 2.53. The normalized spacial score (nSPS) is 38.2. The van der Waals surface area contributed by atoms with E-state index in [-0.39, 0.29) is 5.54 Å². The Kier molecular flexibility index (Phi) is 1.54. The van der Waals surface area contributed by atoms with E-state index in [0.29, 0.717) is 0 Å². The van der Waals surface area contributed by atoms with E-state index in [0.717, 1.165) is 13.1 Å². The van der Waals surface area contributed by atoms with E-state index in [1.165, 1.54) is 12.8 Å². The van der Waals surface area contributed by atoms with Gasteiger partial charge >= 0.3 is 0 Å². The lowest BCUT2D eigenvalue weighted by atomic mass is 10.0. The van der Waals surface area contributed by atoms with Crippen molar-refractivity contribution in [2.75, 3.05) is 13.1 Å². The maximum Gasteiger partial charge on any atom is 0.0276 e. The van der Waals surface area contributed by atoms with Crippen LogP contribution in [0.4, 0.5) is 0 Å². The van der Waals surface area contributed by atoms with Gasteiger partial charge in [0.2, 0.25) is 0 Å². The van der Waals surface area contributed by atoms with Gasteiger partial charge in [-0.3, -0.25) is 0 Å². The van der Waals surface area contributed by atoms with E-state index in [1.54, 1.807) is 0 Å². The van der Waals surface area contributed by atoms with Crippen LogP contribution in [0.25, 0.3) is 0 Å². The maximum absolute atomic E-state index is 5.51. The molecule has 3 N–H and O–H groups in total. The molecule has 0 spiro atoms. The van der Waals surface area contributed by atoms with Crippen LogP contribution < -0.4 is 11.1 Å². The second-order valence-electron chi connectivity index (χ2n) is 2.80. The molecule has 1 rings (SSSR count). The van der Waals surface area contributed by atoms with Gasteiger partial charge in [0.15, 0.2) is 0 Å². The fourth-order valence-corrected chi connectivity index (χ4v) is 1.13. The summed E-state index contributed by atoms with van der Waals surface area (Å²) in [5.41, 5.74) is 5.77. The Balaban J connectivity index is 2.40. The van der Waals surface area contributed by atoms with Gasteiger partial charge in [0.1, 0.15) is 0 Å². The highest BCUT2D eigenvalue weighted by molar-refractivity contribution is 4.88. The first-order valence-corrected chi connectivity index (χ1v) is 3.22. The number of hydrogen-bond acceptors (Lipinski definition) is 2. The Morgan fingerprint density at radius 3 is 2.75 bits per heavy atom. The summed E-state index contributed by atoms with van der Waals surface area (Å²) in [5, 5.41) is 3.36. The smallest absolute Gasteiger partial charge is 0.0276 e. The number of rotatable bonds is 1. The van der Waals surface area contributed by atoms with Crippen molar-refractivity contribution in [2.24, 2.45) is 5.73 Å². The van der Waals surface area contributed by atoms with Crippen molar-refractivity contribution in [3.05, 3.63) is 0 Å². The number of nitrogens with two attached hydrogens (primary N) is 1. The van der Waals surface area contributed by atoms with E-state index in [9.17, 15) is 0 Å². The Hall–Kier alpha value is -0.0800. The summed E-state index contributed by atoms with van der Waals surface area (Å²) in [4.78, 5) is 0. The standard InChI is InChI=1S/C6H14N2/c1-6(5-7)3-2-4-8-6/h8H,2-5,7H2,1H3/t6-/m0/s1. The highest BCUT2D eigenvalue weighted by atomic mass is 15.0. The monoisotopic (exact) mass is 114 g/mol. The van der Waals surface area contributed by atoms with Crippen molar-refractivity contribution in [2.45, 2.75) is 25.3 Å². The number of hydrogen-bond donors (Lipinski definition) is 2. The minimum absolute atomic E-state index is 0.264. The fourth-order valence-electron chi connectivity index (χ4n) is 1.13. The molecule has 1 fully saturated rings. The number of nitrogens with one attached hydrogen (secondary N) is 1. The molecule has 0 radical (unpaired) electrons. The largest absolute Gasteiger partial charge is 0.329 e. The first kappa shape index (κ1) is 6.05. The third kappa shape index (κ3) is 1.01. The zero-order chi connectivity index (χ0) is 6.04. The second-order valence-corrected chi connectivity index (χ2v) is 2.80. The molecule has 0 aromatic rings. The zero-order valence-electron chi connectivity index (χ0n) is 5.41. The molecule has 1 aliphatic heterocycles. The van der Waals surface area contributed by atoms with Crippen LogP contribution in [0.3, 0.4) is 0 Å². The van der Waals surface area contributed by atoms with Crippen LogP contribution in [0.1, 0.15) is 19.8 Å². The minimum atomic E-state index is 0.264. The maximum atomic E-state index is 5.51. The molecule has 2 nitrogen and oxygen atoms in total. The van der Waals surface area contributed by atoms with Crippen LogP contribution in [0.2, 0.25) is 0 Å². The summed E-state index contributed by atoms with van der Waals surface area (Å²) < 4.78 is 0. The van der Waals surface area contributed by atoms with E-state index in [2.05, 4.69) is 12.2 Å². The Labute approximate surface area is 50.4 Å². The molecule has 48 valence electrons. The van der Waals surface area contributed by atoms with Gasteiger partial charge in [0.25, 0.3) is 0 Å². The summed E-state index contributed by atoms with van der Waals surface area (Å²) in [6, 6.07) is 0. The lowest BCUT2D eigenvalue weighted by molar-refractivity contribution is 0.427. The first-order valence-electron chi connectivity index (χ1n) is 3.22. The molecule has 0 unspecified atom stereocenters. The summed E-state index contributed by atoms with van der Waals surface area (Å²) in [5.74, 6) is 0. The predicted molar refractivity (Wildman–Crippen MR) is 34.7 cm³/mol. The van der Waals surface area contributed by atoms with Gasteiger partial charge in [-0.2, -0.15) is 0 Å². The third-order valence-corrected chi connectivity index (χ3v) is 1.91. The quantitative estimate of drug-likeness (QED) is 0.507. The average Bonchev–Trinajstić information content (AvgIpc) is 2.17. The second kappa shape index (κ2) is 2.03. The topological polar surface area (TPSA) is 38.0 Å². The van der Waals surface area contributed by atoms with Gasteiger partial charge in [0.05, 0.1) is 0 Å². The fraction of sp³-hybridized carbons (Fsp3) is 1.00. The lowest BCUT2D eigenvalue weighted by Gasteiger charge is -2.20. The van der Waals surface area contributed by atoms with Gasteiger partial charge in [0, 0.05) is 12.1 Å². The van der Waals surface area contributed by atoms with Crippen LogP contribution in [0.15, 0.2) is 0 Å². The summed E-state index contributed by atoms with van der Waals surface area (Å²) in [6.45, 7) is 4.10. The van der Waals surface area contributed by atoms with E-state index in [4.69, 9.17) is 5.73 Å². The zero-order valence-corrected chi connectivity index (χ0v) is 5.41. The van der Waals surface area contributed by atoms with Crippen LogP contribution >= 0.6 is 0 Å². The molecule has 8 heavy (non-hydrogen) atoms.